The van der Waals surface area contributed by atoms with E-state index >= 15 is 0 Å². The first kappa shape index (κ1) is 19.0. The Morgan fingerprint density at radius 1 is 1.11 bits per heavy atom. The molecule has 0 aliphatic carbocycles. The van der Waals surface area contributed by atoms with Crippen LogP contribution in [0.1, 0.15) is 18.2 Å². The molecule has 1 aromatic heterocycles. The highest BCUT2D eigenvalue weighted by Gasteiger charge is 2.34. The van der Waals surface area contributed by atoms with E-state index in [2.05, 4.69) is 6.92 Å². The molecule has 4 rings (SSSR count). The summed E-state index contributed by atoms with van der Waals surface area (Å²) in [6.07, 6.45) is 2.56. The molecule has 0 bridgehead atoms. The molecule has 140 valence electrons. The van der Waals surface area contributed by atoms with Gasteiger partial charge in [0.2, 0.25) is 0 Å². The average molecular weight is 426 g/mol. The molecule has 28 heavy (non-hydrogen) atoms. The second-order valence-electron chi connectivity index (χ2n) is 6.18. The Bertz CT molecular complexity index is 1100. The molecule has 3 aromatic rings. The van der Waals surface area contributed by atoms with Gasteiger partial charge >= 0.3 is 0 Å². The molecule has 6 heteroatoms. The number of para-hydroxylation sites is 1. The van der Waals surface area contributed by atoms with Crippen LogP contribution in [0.5, 0.6) is 0 Å². The van der Waals surface area contributed by atoms with E-state index in [4.69, 9.17) is 28.2 Å². The maximum atomic E-state index is 13.0. The molecule has 1 amide bonds. The van der Waals surface area contributed by atoms with Gasteiger partial charge in [-0.15, -0.1) is 0 Å². The van der Waals surface area contributed by atoms with E-state index in [9.17, 15) is 4.79 Å². The van der Waals surface area contributed by atoms with Crippen LogP contribution in [0, 0.1) is 0 Å². The number of hydrogen-bond acceptors (Lipinski definition) is 4. The summed E-state index contributed by atoms with van der Waals surface area (Å²) in [6.45, 7) is 2.06. The summed E-state index contributed by atoms with van der Waals surface area (Å²) in [5, 5.41) is 0.617. The number of nitrogens with zero attached hydrogens (tertiary/aromatic N) is 1. The van der Waals surface area contributed by atoms with Crippen LogP contribution in [-0.4, -0.2) is 10.2 Å². The Hall–Kier alpha value is -2.34. The first-order valence-corrected chi connectivity index (χ1v) is 10.4. The van der Waals surface area contributed by atoms with Crippen LogP contribution >= 0.6 is 35.6 Å². The lowest BCUT2D eigenvalue weighted by molar-refractivity contribution is -0.113. The van der Waals surface area contributed by atoms with Gasteiger partial charge in [-0.3, -0.25) is 9.69 Å². The Balaban J connectivity index is 1.64. The Kier molecular flexibility index (Phi) is 5.40. The van der Waals surface area contributed by atoms with E-state index in [1.807, 2.05) is 60.7 Å². The summed E-state index contributed by atoms with van der Waals surface area (Å²) in [4.78, 5) is 15.1. The summed E-state index contributed by atoms with van der Waals surface area (Å²) in [6, 6.07) is 19.0. The van der Waals surface area contributed by atoms with Gasteiger partial charge in [-0.05, 0) is 42.3 Å². The number of benzene rings is 2. The monoisotopic (exact) mass is 425 g/mol. The second-order valence-corrected chi connectivity index (χ2v) is 8.26. The smallest absolute Gasteiger partial charge is 0.270 e. The molecule has 1 saturated heterocycles. The minimum Gasteiger partial charge on any atom is -0.457 e. The number of rotatable bonds is 4. The van der Waals surface area contributed by atoms with Gasteiger partial charge in [0.25, 0.3) is 5.91 Å². The number of carbonyl (C=O) groups is 1. The number of halogens is 1. The van der Waals surface area contributed by atoms with E-state index in [0.717, 1.165) is 23.2 Å². The van der Waals surface area contributed by atoms with Gasteiger partial charge in [0.05, 0.1) is 15.6 Å². The van der Waals surface area contributed by atoms with Crippen molar-refractivity contribution < 1.29 is 9.21 Å². The highest BCUT2D eigenvalue weighted by atomic mass is 35.5. The Labute approximate surface area is 178 Å². The Morgan fingerprint density at radius 3 is 2.64 bits per heavy atom. The van der Waals surface area contributed by atoms with Crippen molar-refractivity contribution in [1.29, 1.82) is 0 Å². The zero-order chi connectivity index (χ0) is 19.7. The molecule has 2 heterocycles. The van der Waals surface area contributed by atoms with Gasteiger partial charge in [-0.25, -0.2) is 0 Å². The fourth-order valence-electron chi connectivity index (χ4n) is 3.07. The number of amides is 1. The van der Waals surface area contributed by atoms with Gasteiger partial charge in [0.15, 0.2) is 4.32 Å². The standard InChI is InChI=1S/C22H16ClNO2S2/c1-2-14-7-3-6-10-18(14)24-21(25)20(28-22(24)27)13-15-11-12-19(26-15)16-8-4-5-9-17(16)23/h3-13H,2H2,1H3. The summed E-state index contributed by atoms with van der Waals surface area (Å²) in [5.74, 6) is 1.11. The van der Waals surface area contributed by atoms with Crippen LogP contribution in [0.15, 0.2) is 70.0 Å². The lowest BCUT2D eigenvalue weighted by atomic mass is 10.1. The molecule has 0 unspecified atom stereocenters. The first-order valence-electron chi connectivity index (χ1n) is 8.79. The number of hydrogen-bond donors (Lipinski definition) is 0. The van der Waals surface area contributed by atoms with E-state index in [1.165, 1.54) is 11.8 Å². The van der Waals surface area contributed by atoms with Crippen LogP contribution in [-0.2, 0) is 11.2 Å². The number of aryl methyl sites for hydroxylation is 1. The van der Waals surface area contributed by atoms with Gasteiger partial charge in [0, 0.05) is 11.6 Å². The predicted molar refractivity (Wildman–Crippen MR) is 121 cm³/mol. The summed E-state index contributed by atoms with van der Waals surface area (Å²) in [7, 11) is 0. The zero-order valence-corrected chi connectivity index (χ0v) is 17.4. The van der Waals surface area contributed by atoms with Gasteiger partial charge in [-0.2, -0.15) is 0 Å². The number of carbonyl (C=O) groups excluding carboxylic acids is 1. The van der Waals surface area contributed by atoms with Crippen molar-refractivity contribution in [3.8, 4) is 11.3 Å². The minimum absolute atomic E-state index is 0.133. The van der Waals surface area contributed by atoms with Crippen molar-refractivity contribution in [2.75, 3.05) is 4.90 Å². The molecule has 2 aromatic carbocycles. The van der Waals surface area contributed by atoms with E-state index in [-0.39, 0.29) is 5.91 Å². The van der Waals surface area contributed by atoms with Gasteiger partial charge < -0.3 is 4.42 Å². The summed E-state index contributed by atoms with van der Waals surface area (Å²) < 4.78 is 6.42. The van der Waals surface area contributed by atoms with E-state index in [0.29, 0.717) is 25.8 Å². The van der Waals surface area contributed by atoms with Crippen molar-refractivity contribution in [3.63, 3.8) is 0 Å². The SMILES string of the molecule is CCc1ccccc1N1C(=O)C(=Cc2ccc(-c3ccccc3Cl)o2)SC1=S. The molecule has 3 nitrogen and oxygen atoms in total. The van der Waals surface area contributed by atoms with Gasteiger partial charge in [-0.1, -0.05) is 72.8 Å². The first-order chi connectivity index (χ1) is 13.6. The van der Waals surface area contributed by atoms with Crippen molar-refractivity contribution in [3.05, 3.63) is 81.9 Å². The number of thiocarbonyl (C=S) groups is 1. The van der Waals surface area contributed by atoms with Crippen LogP contribution in [0.25, 0.3) is 17.4 Å². The lowest BCUT2D eigenvalue weighted by Gasteiger charge is -2.17. The molecule has 1 aliphatic rings. The molecule has 0 saturated carbocycles. The molecule has 0 atom stereocenters. The van der Waals surface area contributed by atoms with E-state index in [1.54, 1.807) is 11.0 Å². The second kappa shape index (κ2) is 7.95. The minimum atomic E-state index is -0.133. The average Bonchev–Trinajstić information content (AvgIpc) is 3.27. The fourth-order valence-corrected chi connectivity index (χ4v) is 4.56. The summed E-state index contributed by atoms with van der Waals surface area (Å²) in [5.41, 5.74) is 2.74. The molecule has 0 spiro atoms. The lowest BCUT2D eigenvalue weighted by Crippen LogP contribution is -2.28. The Morgan fingerprint density at radius 2 is 1.86 bits per heavy atom. The quantitative estimate of drug-likeness (QED) is 0.349. The zero-order valence-electron chi connectivity index (χ0n) is 15.0. The highest BCUT2D eigenvalue weighted by molar-refractivity contribution is 8.27. The third-order valence-electron chi connectivity index (χ3n) is 4.45. The highest BCUT2D eigenvalue weighted by Crippen LogP contribution is 2.38. The summed E-state index contributed by atoms with van der Waals surface area (Å²) >= 11 is 13.0. The van der Waals surface area contributed by atoms with Crippen molar-refractivity contribution in [2.24, 2.45) is 0 Å². The van der Waals surface area contributed by atoms with Gasteiger partial charge in [0.1, 0.15) is 11.5 Å². The normalized spacial score (nSPS) is 15.6. The van der Waals surface area contributed by atoms with E-state index < -0.39 is 0 Å². The molecule has 1 fully saturated rings. The topological polar surface area (TPSA) is 33.5 Å². The number of thioether (sulfide) groups is 1. The maximum absolute atomic E-state index is 13.0. The van der Waals surface area contributed by atoms with Crippen LogP contribution in [0.2, 0.25) is 5.02 Å². The van der Waals surface area contributed by atoms with Crippen molar-refractivity contribution >= 4 is 57.6 Å². The van der Waals surface area contributed by atoms with Crippen LogP contribution < -0.4 is 4.90 Å². The van der Waals surface area contributed by atoms with Crippen LogP contribution in [0.4, 0.5) is 5.69 Å². The third-order valence-corrected chi connectivity index (χ3v) is 6.08. The predicted octanol–water partition coefficient (Wildman–Crippen LogP) is 6.57. The molecule has 0 radical (unpaired) electrons. The molecule has 0 N–H and O–H groups in total. The van der Waals surface area contributed by atoms with Crippen LogP contribution in [0.3, 0.4) is 0 Å². The number of furan rings is 1. The van der Waals surface area contributed by atoms with Crippen molar-refractivity contribution in [1.82, 2.24) is 0 Å². The molecular formula is C22H16ClNO2S2. The third kappa shape index (κ3) is 3.53. The maximum Gasteiger partial charge on any atom is 0.270 e. The molecule has 1 aliphatic heterocycles. The largest absolute Gasteiger partial charge is 0.457 e. The molecular weight excluding hydrogens is 410 g/mol. The van der Waals surface area contributed by atoms with Crippen molar-refractivity contribution in [2.45, 2.75) is 13.3 Å². The fraction of sp³-hybridized carbons (Fsp3) is 0.0909. The number of anilines is 1.